The van der Waals surface area contributed by atoms with Crippen LogP contribution < -0.4 is 0 Å². The lowest BCUT2D eigenvalue weighted by Gasteiger charge is -2.20. The van der Waals surface area contributed by atoms with E-state index in [1.54, 1.807) is 0 Å². The van der Waals surface area contributed by atoms with Crippen molar-refractivity contribution in [1.29, 1.82) is 0 Å². The number of aliphatic carboxylic acids is 1. The molecular weight excluding hydrogens is 355 g/mol. The highest BCUT2D eigenvalue weighted by molar-refractivity contribution is 6.60. The minimum Gasteiger partial charge on any atom is -0.479 e. The Kier molecular flexibility index (Phi) is 14.9. The van der Waals surface area contributed by atoms with E-state index < -0.39 is 15.7 Å². The Bertz CT molecular complexity index is 296. The lowest BCUT2D eigenvalue weighted by molar-refractivity contribution is -0.137. The molecule has 0 spiro atoms. The molecule has 0 aromatic heterocycles. The number of rotatable bonds is 16. The number of carboxylic acids is 1. The van der Waals surface area contributed by atoms with E-state index in [-0.39, 0.29) is 0 Å². The minimum absolute atomic E-state index is 0.540. The van der Waals surface area contributed by atoms with Crippen molar-refractivity contribution in [2.75, 3.05) is 0 Å². The predicted molar refractivity (Wildman–Crippen MR) is 102 cm³/mol. The molecule has 0 aliphatic carbocycles. The Labute approximate surface area is 157 Å². The van der Waals surface area contributed by atoms with Crippen LogP contribution in [0.3, 0.4) is 0 Å². The molecule has 0 aromatic carbocycles. The van der Waals surface area contributed by atoms with Gasteiger partial charge in [-0.15, -0.1) is 11.6 Å². The van der Waals surface area contributed by atoms with Gasteiger partial charge in [0.25, 0.3) is 0 Å². The third kappa shape index (κ3) is 12.4. The van der Waals surface area contributed by atoms with Gasteiger partial charge in [0.05, 0.1) is 5.38 Å². The monoisotopic (exact) mass is 386 g/mol. The number of carbonyl (C=O) groups is 1. The summed E-state index contributed by atoms with van der Waals surface area (Å²) >= 11 is 17.4. The minimum atomic E-state index is -1.88. The Balaban J connectivity index is 3.32. The normalized spacial score (nSPS) is 13.2. The quantitative estimate of drug-likeness (QED) is 0.222. The second-order valence-corrected chi connectivity index (χ2v) is 8.34. The SMILES string of the molecule is CCCCCCCCCCCCCCCC(Cl)C(Cl)(Cl)C(=O)O. The van der Waals surface area contributed by atoms with Crippen LogP contribution in [0.25, 0.3) is 0 Å². The second kappa shape index (κ2) is 14.7. The zero-order chi connectivity index (χ0) is 17.6. The fourth-order valence-electron chi connectivity index (χ4n) is 2.66. The van der Waals surface area contributed by atoms with Crippen LogP contribution in [-0.2, 0) is 4.79 Å². The molecule has 138 valence electrons. The number of halogens is 3. The van der Waals surface area contributed by atoms with Crippen molar-refractivity contribution in [3.63, 3.8) is 0 Å². The molecule has 1 unspecified atom stereocenters. The molecule has 0 rings (SSSR count). The Morgan fingerprint density at radius 3 is 1.52 bits per heavy atom. The average molecular weight is 388 g/mol. The van der Waals surface area contributed by atoms with E-state index in [0.29, 0.717) is 6.42 Å². The highest BCUT2D eigenvalue weighted by Crippen LogP contribution is 2.33. The number of hydrogen-bond donors (Lipinski definition) is 1. The summed E-state index contributed by atoms with van der Waals surface area (Å²) in [6, 6.07) is 0. The molecule has 0 bridgehead atoms. The summed E-state index contributed by atoms with van der Waals surface area (Å²) in [5.74, 6) is -1.27. The van der Waals surface area contributed by atoms with Crippen LogP contribution in [0.15, 0.2) is 0 Å². The highest BCUT2D eigenvalue weighted by Gasteiger charge is 2.41. The van der Waals surface area contributed by atoms with E-state index in [2.05, 4.69) is 6.92 Å². The van der Waals surface area contributed by atoms with Gasteiger partial charge in [0, 0.05) is 0 Å². The van der Waals surface area contributed by atoms with Crippen LogP contribution in [-0.4, -0.2) is 20.8 Å². The zero-order valence-corrected chi connectivity index (χ0v) is 16.7. The first-order valence-corrected chi connectivity index (χ1v) is 10.4. The molecule has 0 aliphatic heterocycles. The highest BCUT2D eigenvalue weighted by atomic mass is 35.5. The lowest BCUT2D eigenvalue weighted by atomic mass is 10.0. The molecule has 5 heteroatoms. The van der Waals surface area contributed by atoms with E-state index in [1.807, 2.05) is 0 Å². The smallest absolute Gasteiger partial charge is 0.341 e. The van der Waals surface area contributed by atoms with E-state index in [0.717, 1.165) is 12.8 Å². The predicted octanol–water partition coefficient (Wildman–Crippen LogP) is 7.33. The number of hydrogen-bond acceptors (Lipinski definition) is 1. The summed E-state index contributed by atoms with van der Waals surface area (Å²) in [5.41, 5.74) is 0. The van der Waals surface area contributed by atoms with Gasteiger partial charge < -0.3 is 5.11 Å². The molecule has 0 aliphatic rings. The average Bonchev–Trinajstić information content (AvgIpc) is 2.51. The van der Waals surface area contributed by atoms with Gasteiger partial charge in [-0.2, -0.15) is 0 Å². The summed E-state index contributed by atoms with van der Waals surface area (Å²) in [7, 11) is 0. The summed E-state index contributed by atoms with van der Waals surface area (Å²) in [5, 5.41) is 8.13. The fraction of sp³-hybridized carbons (Fsp3) is 0.944. The van der Waals surface area contributed by atoms with Gasteiger partial charge in [-0.05, 0) is 6.42 Å². The first-order chi connectivity index (χ1) is 10.9. The van der Waals surface area contributed by atoms with Crippen LogP contribution in [0, 0.1) is 0 Å². The van der Waals surface area contributed by atoms with Crippen molar-refractivity contribution < 1.29 is 9.90 Å². The van der Waals surface area contributed by atoms with Crippen molar-refractivity contribution in [1.82, 2.24) is 0 Å². The van der Waals surface area contributed by atoms with Gasteiger partial charge in [-0.25, -0.2) is 4.79 Å². The second-order valence-electron chi connectivity index (χ2n) is 6.43. The maximum Gasteiger partial charge on any atom is 0.341 e. The van der Waals surface area contributed by atoms with Crippen molar-refractivity contribution in [3.05, 3.63) is 0 Å². The van der Waals surface area contributed by atoms with Gasteiger partial charge in [0.15, 0.2) is 0 Å². The van der Waals surface area contributed by atoms with Crippen LogP contribution >= 0.6 is 34.8 Å². The molecular formula is C18H33Cl3O2. The van der Waals surface area contributed by atoms with E-state index >= 15 is 0 Å². The van der Waals surface area contributed by atoms with Crippen LogP contribution in [0.5, 0.6) is 0 Å². The third-order valence-electron chi connectivity index (χ3n) is 4.24. The van der Waals surface area contributed by atoms with Crippen molar-refractivity contribution in [2.24, 2.45) is 0 Å². The van der Waals surface area contributed by atoms with E-state index in [9.17, 15) is 4.79 Å². The molecule has 0 aromatic rings. The third-order valence-corrected chi connectivity index (χ3v) is 5.86. The summed E-state index contributed by atoms with van der Waals surface area (Å²) in [6.07, 6.45) is 17.1. The lowest BCUT2D eigenvalue weighted by Crippen LogP contribution is -2.35. The summed E-state index contributed by atoms with van der Waals surface area (Å²) < 4.78 is -1.88. The van der Waals surface area contributed by atoms with Crippen molar-refractivity contribution in [3.8, 4) is 0 Å². The van der Waals surface area contributed by atoms with Gasteiger partial charge >= 0.3 is 5.97 Å². The number of alkyl halides is 3. The molecule has 0 saturated carbocycles. The van der Waals surface area contributed by atoms with E-state index in [4.69, 9.17) is 39.9 Å². The maximum absolute atomic E-state index is 10.8. The first kappa shape index (κ1) is 23.3. The topological polar surface area (TPSA) is 37.3 Å². The Morgan fingerprint density at radius 1 is 0.826 bits per heavy atom. The van der Waals surface area contributed by atoms with Crippen molar-refractivity contribution in [2.45, 2.75) is 107 Å². The summed E-state index contributed by atoms with van der Waals surface area (Å²) in [6.45, 7) is 2.25. The molecule has 0 radical (unpaired) electrons. The van der Waals surface area contributed by atoms with Gasteiger partial charge in [-0.1, -0.05) is 114 Å². The standard InChI is InChI=1S/C18H33Cl3O2/c1-2-3-4-5-6-7-8-9-10-11-12-13-14-15-16(19)18(20,21)17(22)23/h16H,2-15H2,1H3,(H,22,23). The molecule has 2 nitrogen and oxygen atoms in total. The number of unbranched alkanes of at least 4 members (excludes halogenated alkanes) is 12. The maximum atomic E-state index is 10.8. The summed E-state index contributed by atoms with van der Waals surface area (Å²) in [4.78, 5) is 10.8. The molecule has 23 heavy (non-hydrogen) atoms. The molecule has 0 amide bonds. The first-order valence-electron chi connectivity index (χ1n) is 9.18. The van der Waals surface area contributed by atoms with E-state index in [1.165, 1.54) is 70.6 Å². The molecule has 1 N–H and O–H groups in total. The number of carboxylic acid groups (broad SMARTS) is 1. The van der Waals surface area contributed by atoms with Gasteiger partial charge in [-0.3, -0.25) is 0 Å². The van der Waals surface area contributed by atoms with Crippen molar-refractivity contribution >= 4 is 40.8 Å². The molecule has 1 atom stereocenters. The molecule has 0 heterocycles. The van der Waals surface area contributed by atoms with Crippen LogP contribution in [0.4, 0.5) is 0 Å². The Morgan fingerprint density at radius 2 is 1.17 bits per heavy atom. The molecule has 0 fully saturated rings. The Hall–Kier alpha value is 0.340. The van der Waals surface area contributed by atoms with Crippen LogP contribution in [0.1, 0.15) is 96.8 Å². The molecule has 0 saturated heterocycles. The van der Waals surface area contributed by atoms with Gasteiger partial charge in [0.2, 0.25) is 4.33 Å². The van der Waals surface area contributed by atoms with Crippen LogP contribution in [0.2, 0.25) is 0 Å². The van der Waals surface area contributed by atoms with Gasteiger partial charge in [0.1, 0.15) is 0 Å². The largest absolute Gasteiger partial charge is 0.479 e. The zero-order valence-electron chi connectivity index (χ0n) is 14.5. The fourth-order valence-corrected chi connectivity index (χ4v) is 3.12.